The first kappa shape index (κ1) is 25.4. The zero-order valence-corrected chi connectivity index (χ0v) is 22.5. The summed E-state index contributed by atoms with van der Waals surface area (Å²) < 4.78 is 12.7. The van der Waals surface area contributed by atoms with Crippen molar-refractivity contribution in [3.05, 3.63) is 70.3 Å². The van der Waals surface area contributed by atoms with E-state index in [0.717, 1.165) is 67.2 Å². The highest BCUT2D eigenvalue weighted by molar-refractivity contribution is 5.80. The number of piperazine rings is 1. The van der Waals surface area contributed by atoms with Crippen LogP contribution in [0.2, 0.25) is 0 Å². The number of methoxy groups -OCH3 is 2. The third-order valence-corrected chi connectivity index (χ3v) is 8.18. The molecule has 1 saturated heterocycles. The van der Waals surface area contributed by atoms with E-state index in [1.165, 1.54) is 19.3 Å². The minimum atomic E-state index is -0.352. The lowest BCUT2D eigenvalue weighted by atomic mass is 9.95. The van der Waals surface area contributed by atoms with Gasteiger partial charge in [0.05, 0.1) is 25.8 Å². The van der Waals surface area contributed by atoms with Crippen molar-refractivity contribution in [3.63, 3.8) is 0 Å². The fraction of sp³-hybridized carbons (Fsp3) is 0.448. The summed E-state index contributed by atoms with van der Waals surface area (Å²) >= 11 is 0. The Morgan fingerprint density at radius 2 is 1.62 bits per heavy atom. The van der Waals surface area contributed by atoms with Crippen molar-refractivity contribution in [2.24, 2.45) is 0 Å². The first-order valence-electron chi connectivity index (χ1n) is 13.8. The minimum absolute atomic E-state index is 0.128. The molecule has 0 amide bonds. The molecule has 1 N–H and O–H groups in total. The molecule has 1 aliphatic heterocycles. The topological polar surface area (TPSA) is 101 Å². The summed E-state index contributed by atoms with van der Waals surface area (Å²) in [5, 5.41) is 14.1. The number of benzene rings is 2. The maximum Gasteiger partial charge on any atom is 0.253 e. The van der Waals surface area contributed by atoms with E-state index in [4.69, 9.17) is 9.47 Å². The summed E-state index contributed by atoms with van der Waals surface area (Å²) in [5.74, 6) is 2.30. The van der Waals surface area contributed by atoms with Crippen LogP contribution in [0.15, 0.2) is 53.3 Å². The molecule has 2 aromatic carbocycles. The molecule has 0 spiro atoms. The summed E-state index contributed by atoms with van der Waals surface area (Å²) in [6.45, 7) is 3.20. The molecule has 2 fully saturated rings. The molecule has 6 rings (SSSR count). The number of hydrogen-bond acceptors (Lipinski definition) is 8. The normalized spacial score (nSPS) is 17.8. The van der Waals surface area contributed by atoms with Crippen molar-refractivity contribution < 1.29 is 9.47 Å². The summed E-state index contributed by atoms with van der Waals surface area (Å²) in [6, 6.07) is 15.8. The predicted molar refractivity (Wildman–Crippen MR) is 150 cm³/mol. The van der Waals surface area contributed by atoms with Gasteiger partial charge in [0.1, 0.15) is 17.5 Å². The summed E-state index contributed by atoms with van der Waals surface area (Å²) in [4.78, 5) is 21.4. The highest BCUT2D eigenvalue weighted by Crippen LogP contribution is 2.34. The van der Waals surface area contributed by atoms with E-state index in [1.54, 1.807) is 14.2 Å². The molecular weight excluding hydrogens is 494 g/mol. The Balaban J connectivity index is 1.36. The molecule has 10 heteroatoms. The first-order valence-corrected chi connectivity index (χ1v) is 13.8. The number of nitrogens with one attached hydrogen (secondary N) is 1. The Bertz CT molecular complexity index is 1470. The van der Waals surface area contributed by atoms with Gasteiger partial charge in [-0.2, -0.15) is 0 Å². The fourth-order valence-corrected chi connectivity index (χ4v) is 6.02. The van der Waals surface area contributed by atoms with Crippen LogP contribution in [0.5, 0.6) is 11.5 Å². The van der Waals surface area contributed by atoms with Gasteiger partial charge in [-0.1, -0.05) is 19.3 Å². The molecule has 1 aliphatic carbocycles. The SMILES string of the molecule is COc1ccc(N2CCN(C(c3cc4ccc(OC)cc4[nH]c3=O)c3nnnn3C3CCCCC3)CC2)cc1. The van der Waals surface area contributed by atoms with E-state index >= 15 is 0 Å². The van der Waals surface area contributed by atoms with Gasteiger partial charge >= 0.3 is 0 Å². The van der Waals surface area contributed by atoms with Crippen molar-refractivity contribution in [1.29, 1.82) is 0 Å². The van der Waals surface area contributed by atoms with Crippen molar-refractivity contribution in [3.8, 4) is 11.5 Å². The van der Waals surface area contributed by atoms with Crippen LogP contribution in [0.1, 0.15) is 55.6 Å². The average Bonchev–Trinajstić information content (AvgIpc) is 3.47. The van der Waals surface area contributed by atoms with E-state index in [1.807, 2.05) is 41.1 Å². The number of hydrogen-bond donors (Lipinski definition) is 1. The number of pyridine rings is 1. The van der Waals surface area contributed by atoms with E-state index < -0.39 is 0 Å². The van der Waals surface area contributed by atoms with Gasteiger partial charge in [0.2, 0.25) is 0 Å². The summed E-state index contributed by atoms with van der Waals surface area (Å²) in [6.07, 6.45) is 5.72. The second-order valence-electron chi connectivity index (χ2n) is 10.4. The van der Waals surface area contributed by atoms with E-state index in [2.05, 4.69) is 42.4 Å². The smallest absolute Gasteiger partial charge is 0.253 e. The van der Waals surface area contributed by atoms with Crippen molar-refractivity contribution in [2.45, 2.75) is 44.2 Å². The Morgan fingerprint density at radius 1 is 0.897 bits per heavy atom. The molecular formula is C29H35N7O3. The van der Waals surface area contributed by atoms with E-state index in [0.29, 0.717) is 11.3 Å². The van der Waals surface area contributed by atoms with E-state index in [-0.39, 0.29) is 17.6 Å². The van der Waals surface area contributed by atoms with Crippen LogP contribution < -0.4 is 19.9 Å². The highest BCUT2D eigenvalue weighted by atomic mass is 16.5. The predicted octanol–water partition coefficient (Wildman–Crippen LogP) is 3.95. The lowest BCUT2D eigenvalue weighted by Crippen LogP contribution is -2.49. The number of aromatic amines is 1. The molecule has 2 aromatic heterocycles. The number of tetrazole rings is 1. The van der Waals surface area contributed by atoms with Gasteiger partial charge in [-0.3, -0.25) is 9.69 Å². The van der Waals surface area contributed by atoms with Gasteiger partial charge in [-0.25, -0.2) is 4.68 Å². The lowest BCUT2D eigenvalue weighted by Gasteiger charge is -2.40. The number of H-pyrrole nitrogens is 1. The third kappa shape index (κ3) is 5.08. The molecule has 1 saturated carbocycles. The number of fused-ring (bicyclic) bond motifs is 1. The van der Waals surface area contributed by atoms with Gasteiger partial charge in [-0.15, -0.1) is 5.10 Å². The first-order chi connectivity index (χ1) is 19.1. The molecule has 1 atom stereocenters. The molecule has 2 aliphatic rings. The van der Waals surface area contributed by atoms with Crippen molar-refractivity contribution in [1.82, 2.24) is 30.1 Å². The maximum absolute atomic E-state index is 13.6. The van der Waals surface area contributed by atoms with Crippen molar-refractivity contribution >= 4 is 16.6 Å². The van der Waals surface area contributed by atoms with Crippen LogP contribution in [0, 0.1) is 0 Å². The number of anilines is 1. The highest BCUT2D eigenvalue weighted by Gasteiger charge is 2.34. The van der Waals surface area contributed by atoms with Crippen molar-refractivity contribution in [2.75, 3.05) is 45.3 Å². The lowest BCUT2D eigenvalue weighted by molar-refractivity contribution is 0.192. The fourth-order valence-electron chi connectivity index (χ4n) is 6.02. The molecule has 204 valence electrons. The number of aromatic nitrogens is 5. The molecule has 0 bridgehead atoms. The summed E-state index contributed by atoms with van der Waals surface area (Å²) in [5.41, 5.74) is 2.45. The van der Waals surface area contributed by atoms with Crippen LogP contribution in [0.4, 0.5) is 5.69 Å². The van der Waals surface area contributed by atoms with Gasteiger partial charge in [-0.05, 0) is 71.1 Å². The Hall–Kier alpha value is -3.92. The Kier molecular flexibility index (Phi) is 7.19. The zero-order valence-electron chi connectivity index (χ0n) is 22.5. The third-order valence-electron chi connectivity index (χ3n) is 8.18. The number of ether oxygens (including phenoxy) is 2. The second-order valence-corrected chi connectivity index (χ2v) is 10.4. The molecule has 10 nitrogen and oxygen atoms in total. The van der Waals surface area contributed by atoms with Crippen LogP contribution in [0.25, 0.3) is 10.9 Å². The second kappa shape index (κ2) is 11.1. The Morgan fingerprint density at radius 3 is 2.33 bits per heavy atom. The van der Waals surface area contributed by atoms with Gasteiger partial charge < -0.3 is 19.4 Å². The molecule has 3 heterocycles. The van der Waals surface area contributed by atoms with Gasteiger partial charge in [0.15, 0.2) is 5.82 Å². The summed E-state index contributed by atoms with van der Waals surface area (Å²) in [7, 11) is 3.31. The van der Waals surface area contributed by atoms with Crippen LogP contribution in [0.3, 0.4) is 0 Å². The molecule has 1 unspecified atom stereocenters. The largest absolute Gasteiger partial charge is 0.497 e. The number of nitrogens with zero attached hydrogens (tertiary/aromatic N) is 6. The molecule has 39 heavy (non-hydrogen) atoms. The number of rotatable bonds is 7. The average molecular weight is 530 g/mol. The van der Waals surface area contributed by atoms with Crippen LogP contribution in [-0.4, -0.2) is 70.5 Å². The van der Waals surface area contributed by atoms with Gasteiger partial charge in [0, 0.05) is 43.5 Å². The molecule has 0 radical (unpaired) electrons. The van der Waals surface area contributed by atoms with E-state index in [9.17, 15) is 4.79 Å². The zero-order chi connectivity index (χ0) is 26.8. The maximum atomic E-state index is 13.6. The van der Waals surface area contributed by atoms with Crippen LogP contribution >= 0.6 is 0 Å². The van der Waals surface area contributed by atoms with Gasteiger partial charge in [0.25, 0.3) is 5.56 Å². The standard InChI is InChI=1S/C29H35N7O3/c1-38-23-12-9-21(10-13-23)34-14-16-35(17-15-34)27(28-31-32-33-36(28)22-6-4-3-5-7-22)25-18-20-8-11-24(39-2)19-26(20)30-29(25)37/h8-13,18-19,22,27H,3-7,14-17H2,1-2H3,(H,30,37). The van der Waals surface area contributed by atoms with Crippen LogP contribution in [-0.2, 0) is 0 Å². The minimum Gasteiger partial charge on any atom is -0.497 e. The quantitative estimate of drug-likeness (QED) is 0.384. The molecule has 4 aromatic rings. The Labute approximate surface area is 227 Å². The monoisotopic (exact) mass is 529 g/mol.